The molecule has 0 aliphatic carbocycles. The number of hydrogen-bond acceptors (Lipinski definition) is 5. The Morgan fingerprint density at radius 3 is 2.72 bits per heavy atom. The number of carbonyl (C=O) groups excluding carboxylic acids is 1. The molecule has 2 heterocycles. The van der Waals surface area contributed by atoms with Gasteiger partial charge in [-0.2, -0.15) is 0 Å². The van der Waals surface area contributed by atoms with Crippen molar-refractivity contribution in [2.24, 2.45) is 0 Å². The molecule has 7 nitrogen and oxygen atoms in total. The molecule has 3 rings (SSSR count). The Kier molecular flexibility index (Phi) is 5.90. The highest BCUT2D eigenvalue weighted by molar-refractivity contribution is 7.92. The van der Waals surface area contributed by atoms with Crippen molar-refractivity contribution in [1.29, 1.82) is 0 Å². The topological polar surface area (TPSA) is 93.1 Å². The van der Waals surface area contributed by atoms with Gasteiger partial charge in [-0.1, -0.05) is 18.2 Å². The maximum atomic E-state index is 12.7. The van der Waals surface area contributed by atoms with Crippen LogP contribution in [-0.4, -0.2) is 30.1 Å². The van der Waals surface area contributed by atoms with Gasteiger partial charge in [-0.25, -0.2) is 13.4 Å². The molecule has 2 aromatic heterocycles. The summed E-state index contributed by atoms with van der Waals surface area (Å²) in [6.45, 7) is 8.56. The van der Waals surface area contributed by atoms with Crippen molar-refractivity contribution in [3.63, 3.8) is 0 Å². The van der Waals surface area contributed by atoms with E-state index in [1.807, 2.05) is 25.3 Å². The Morgan fingerprint density at radius 2 is 2.03 bits per heavy atom. The van der Waals surface area contributed by atoms with Gasteiger partial charge < -0.3 is 4.57 Å². The lowest BCUT2D eigenvalue weighted by molar-refractivity contribution is 0.102. The Morgan fingerprint density at radius 1 is 1.31 bits per heavy atom. The van der Waals surface area contributed by atoms with Gasteiger partial charge in [0.25, 0.3) is 5.91 Å². The summed E-state index contributed by atoms with van der Waals surface area (Å²) in [6.07, 6.45) is 2.88. The molecule has 0 saturated carbocycles. The van der Waals surface area contributed by atoms with Crippen molar-refractivity contribution in [2.75, 3.05) is 16.3 Å². The summed E-state index contributed by atoms with van der Waals surface area (Å²) < 4.78 is 27.6. The van der Waals surface area contributed by atoms with E-state index in [4.69, 9.17) is 0 Å². The fourth-order valence-corrected chi connectivity index (χ4v) is 4.34. The van der Waals surface area contributed by atoms with Crippen molar-refractivity contribution in [1.82, 2.24) is 9.55 Å². The zero-order chi connectivity index (χ0) is 21.2. The van der Waals surface area contributed by atoms with E-state index in [9.17, 15) is 13.2 Å². The molecule has 0 aliphatic heterocycles. The predicted octanol–water partition coefficient (Wildman–Crippen LogP) is 4.04. The monoisotopic (exact) mass is 430 g/mol. The van der Waals surface area contributed by atoms with E-state index in [0.29, 0.717) is 5.13 Å². The lowest BCUT2D eigenvalue weighted by Gasteiger charge is -2.09. The van der Waals surface area contributed by atoms with Crippen LogP contribution in [-0.2, 0) is 16.6 Å². The van der Waals surface area contributed by atoms with E-state index < -0.39 is 15.9 Å². The molecule has 1 aromatic carbocycles. The van der Waals surface area contributed by atoms with Crippen LogP contribution < -0.4 is 10.0 Å². The number of sulfonamides is 1. The second-order valence-electron chi connectivity index (χ2n) is 6.60. The number of anilines is 2. The van der Waals surface area contributed by atoms with Crippen LogP contribution >= 0.6 is 11.3 Å². The fraction of sp³-hybridized carbons (Fsp3) is 0.200. The third-order valence-corrected chi connectivity index (χ3v) is 5.70. The molecule has 0 atom stereocenters. The molecule has 0 radical (unpaired) electrons. The Balaban J connectivity index is 1.84. The molecule has 9 heteroatoms. The third-order valence-electron chi connectivity index (χ3n) is 4.35. The molecule has 0 spiro atoms. The molecule has 29 heavy (non-hydrogen) atoms. The summed E-state index contributed by atoms with van der Waals surface area (Å²) in [5.41, 5.74) is 4.40. The minimum absolute atomic E-state index is 0.220. The van der Waals surface area contributed by atoms with E-state index >= 15 is 0 Å². The molecule has 1 amide bonds. The second-order valence-corrected chi connectivity index (χ2v) is 9.20. The summed E-state index contributed by atoms with van der Waals surface area (Å²) in [7, 11) is -3.50. The number of amides is 1. The van der Waals surface area contributed by atoms with Gasteiger partial charge in [-0.3, -0.25) is 14.8 Å². The molecule has 0 saturated heterocycles. The molecule has 0 aliphatic rings. The van der Waals surface area contributed by atoms with Crippen molar-refractivity contribution in [3.8, 4) is 11.3 Å². The van der Waals surface area contributed by atoms with Crippen molar-refractivity contribution in [3.05, 3.63) is 65.3 Å². The van der Waals surface area contributed by atoms with Crippen molar-refractivity contribution < 1.29 is 13.2 Å². The van der Waals surface area contributed by atoms with Crippen LogP contribution in [0.5, 0.6) is 0 Å². The van der Waals surface area contributed by atoms with E-state index in [1.54, 1.807) is 18.2 Å². The lowest BCUT2D eigenvalue weighted by Crippen LogP contribution is -2.17. The maximum absolute atomic E-state index is 12.7. The average molecular weight is 431 g/mol. The number of aryl methyl sites for hydroxylation is 1. The van der Waals surface area contributed by atoms with Crippen LogP contribution in [0.3, 0.4) is 0 Å². The zero-order valence-electron chi connectivity index (χ0n) is 16.4. The van der Waals surface area contributed by atoms with Gasteiger partial charge in [-0.05, 0) is 32.0 Å². The van der Waals surface area contributed by atoms with Gasteiger partial charge in [0, 0.05) is 28.9 Å². The highest BCUT2D eigenvalue weighted by Crippen LogP contribution is 2.30. The number of carbonyl (C=O) groups is 1. The number of rotatable bonds is 7. The first-order chi connectivity index (χ1) is 13.7. The molecule has 0 unspecified atom stereocenters. The third kappa shape index (κ3) is 4.75. The first-order valence-electron chi connectivity index (χ1n) is 8.81. The first-order valence-corrected chi connectivity index (χ1v) is 11.6. The smallest absolute Gasteiger partial charge is 0.259 e. The normalized spacial score (nSPS) is 11.3. The maximum Gasteiger partial charge on any atom is 0.259 e. The lowest BCUT2D eigenvalue weighted by atomic mass is 10.2. The van der Waals surface area contributed by atoms with Crippen LogP contribution in [0.1, 0.15) is 21.7 Å². The number of thiazole rings is 1. The Bertz CT molecular complexity index is 1180. The molecule has 152 valence electrons. The molecular formula is C20H22N4O3S2. The van der Waals surface area contributed by atoms with Crippen LogP contribution in [0.2, 0.25) is 0 Å². The molecule has 0 fully saturated rings. The van der Waals surface area contributed by atoms with E-state index in [1.165, 1.54) is 17.4 Å². The summed E-state index contributed by atoms with van der Waals surface area (Å²) in [5.74, 6) is -0.435. The number of para-hydroxylation sites is 1. The quantitative estimate of drug-likeness (QED) is 0.553. The largest absolute Gasteiger partial charge is 0.345 e. The number of nitrogens with one attached hydrogen (secondary N) is 2. The zero-order valence-corrected chi connectivity index (χ0v) is 18.0. The summed E-state index contributed by atoms with van der Waals surface area (Å²) >= 11 is 1.31. The van der Waals surface area contributed by atoms with Crippen LogP contribution in [0, 0.1) is 13.8 Å². The van der Waals surface area contributed by atoms with E-state index in [2.05, 4.69) is 32.2 Å². The highest BCUT2D eigenvalue weighted by atomic mass is 32.2. The second kappa shape index (κ2) is 8.22. The Hall–Kier alpha value is -2.91. The minimum atomic E-state index is -3.50. The predicted molar refractivity (Wildman–Crippen MR) is 118 cm³/mol. The summed E-state index contributed by atoms with van der Waals surface area (Å²) in [4.78, 5) is 17.2. The summed E-state index contributed by atoms with van der Waals surface area (Å²) in [6, 6.07) is 8.48. The van der Waals surface area contributed by atoms with Gasteiger partial charge in [0.2, 0.25) is 10.0 Å². The van der Waals surface area contributed by atoms with Crippen molar-refractivity contribution >= 4 is 38.1 Å². The fourth-order valence-electron chi connectivity index (χ4n) is 3.06. The summed E-state index contributed by atoms with van der Waals surface area (Å²) in [5, 5.41) is 5.07. The van der Waals surface area contributed by atoms with Crippen LogP contribution in [0.15, 0.2) is 48.4 Å². The van der Waals surface area contributed by atoms with Gasteiger partial charge in [0.05, 0.1) is 23.2 Å². The SMILES string of the molecule is C=CCn1c(C)cc(-c2csc(NC(=O)c3ccccc3NS(C)(=O)=O)n2)c1C. The van der Waals surface area contributed by atoms with Crippen LogP contribution in [0.25, 0.3) is 11.3 Å². The van der Waals surface area contributed by atoms with E-state index in [-0.39, 0.29) is 11.3 Å². The highest BCUT2D eigenvalue weighted by Gasteiger charge is 2.17. The minimum Gasteiger partial charge on any atom is -0.345 e. The number of allylic oxidation sites excluding steroid dienone is 1. The standard InChI is InChI=1S/C20H22N4O3S2/c1-5-10-24-13(2)11-16(14(24)3)18-12-28-20(21-18)22-19(25)15-8-6-7-9-17(15)23-29(4,26)27/h5-9,11-12,23H,1,10H2,2-4H3,(H,21,22,25). The number of nitrogens with zero attached hydrogens (tertiary/aromatic N) is 2. The Labute approximate surface area is 174 Å². The number of hydrogen-bond donors (Lipinski definition) is 2. The van der Waals surface area contributed by atoms with Gasteiger partial charge in [0.1, 0.15) is 0 Å². The average Bonchev–Trinajstić information content (AvgIpc) is 3.20. The van der Waals surface area contributed by atoms with Crippen LogP contribution in [0.4, 0.5) is 10.8 Å². The molecule has 2 N–H and O–H groups in total. The number of aromatic nitrogens is 2. The molecule has 3 aromatic rings. The first kappa shape index (κ1) is 20.8. The van der Waals surface area contributed by atoms with Crippen molar-refractivity contribution in [2.45, 2.75) is 20.4 Å². The number of benzene rings is 1. The molecule has 0 bridgehead atoms. The van der Waals surface area contributed by atoms with Gasteiger partial charge in [-0.15, -0.1) is 17.9 Å². The van der Waals surface area contributed by atoms with Gasteiger partial charge >= 0.3 is 0 Å². The van der Waals surface area contributed by atoms with E-state index in [0.717, 1.165) is 35.4 Å². The molecular weight excluding hydrogens is 408 g/mol. The van der Waals surface area contributed by atoms with Gasteiger partial charge in [0.15, 0.2) is 5.13 Å².